The number of carbonyl (C=O) groups excluding carboxylic acids is 1. The van der Waals surface area contributed by atoms with Crippen molar-refractivity contribution in [2.75, 3.05) is 0 Å². The van der Waals surface area contributed by atoms with Crippen LogP contribution in [0.1, 0.15) is 34.2 Å². The molecule has 0 N–H and O–H groups in total. The van der Waals surface area contributed by atoms with Gasteiger partial charge >= 0.3 is 0 Å². The van der Waals surface area contributed by atoms with Crippen molar-refractivity contribution in [1.82, 2.24) is 29.9 Å². The fraction of sp³-hybridized carbons (Fsp3) is 0.278. The topological polar surface area (TPSA) is 76.8 Å². The minimum atomic E-state index is -0.0950. The fourth-order valence-corrected chi connectivity index (χ4v) is 3.37. The molecule has 1 atom stereocenters. The van der Waals surface area contributed by atoms with Crippen LogP contribution in [0, 0.1) is 6.92 Å². The molecule has 8 heteroatoms. The Morgan fingerprint density at radius 3 is 2.77 bits per heavy atom. The first-order valence-electron chi connectivity index (χ1n) is 8.33. The molecule has 0 saturated carbocycles. The Labute approximate surface area is 155 Å². The lowest BCUT2D eigenvalue weighted by atomic mass is 10.0. The molecule has 0 aliphatic carbocycles. The summed E-state index contributed by atoms with van der Waals surface area (Å²) in [7, 11) is 0. The Morgan fingerprint density at radius 1 is 1.23 bits per heavy atom. The summed E-state index contributed by atoms with van der Waals surface area (Å²) >= 11 is 6.34. The van der Waals surface area contributed by atoms with Gasteiger partial charge in [-0.05, 0) is 31.5 Å². The van der Waals surface area contributed by atoms with E-state index in [1.165, 1.54) is 0 Å². The van der Waals surface area contributed by atoms with E-state index in [9.17, 15) is 4.79 Å². The summed E-state index contributed by atoms with van der Waals surface area (Å²) in [6.45, 7) is 4.28. The lowest BCUT2D eigenvalue weighted by molar-refractivity contribution is 0.0653. The number of benzene rings is 1. The third-order valence-corrected chi connectivity index (χ3v) is 5.11. The number of amides is 1. The molecule has 3 heterocycles. The second kappa shape index (κ2) is 6.49. The Kier molecular flexibility index (Phi) is 4.16. The number of carbonyl (C=O) groups is 1. The molecular formula is C18H17ClN6O. The molecule has 0 fully saturated rings. The van der Waals surface area contributed by atoms with Crippen molar-refractivity contribution < 1.29 is 4.79 Å². The largest absolute Gasteiger partial charge is 0.329 e. The summed E-state index contributed by atoms with van der Waals surface area (Å²) in [4.78, 5) is 23.3. The van der Waals surface area contributed by atoms with Gasteiger partial charge in [-0.2, -0.15) is 4.68 Å². The molecule has 1 aliphatic heterocycles. The van der Waals surface area contributed by atoms with Gasteiger partial charge in [0.15, 0.2) is 0 Å². The van der Waals surface area contributed by atoms with Gasteiger partial charge in [0, 0.05) is 24.9 Å². The molecule has 0 spiro atoms. The summed E-state index contributed by atoms with van der Waals surface area (Å²) in [5, 5.41) is 8.92. The molecule has 132 valence electrons. The van der Waals surface area contributed by atoms with Gasteiger partial charge in [-0.3, -0.25) is 4.79 Å². The number of aromatic nitrogens is 5. The summed E-state index contributed by atoms with van der Waals surface area (Å²) in [6.07, 6.45) is 3.95. The molecule has 0 unspecified atom stereocenters. The molecule has 1 amide bonds. The maximum absolute atomic E-state index is 13.0. The second-order valence-corrected chi connectivity index (χ2v) is 6.74. The van der Waals surface area contributed by atoms with Crippen molar-refractivity contribution in [3.8, 4) is 5.95 Å². The number of aryl methyl sites for hydroxylation is 1. The Morgan fingerprint density at radius 2 is 2.00 bits per heavy atom. The van der Waals surface area contributed by atoms with E-state index in [1.54, 1.807) is 34.1 Å². The predicted molar refractivity (Wildman–Crippen MR) is 96.2 cm³/mol. The first kappa shape index (κ1) is 16.7. The molecule has 1 aliphatic rings. The van der Waals surface area contributed by atoms with E-state index in [4.69, 9.17) is 11.6 Å². The van der Waals surface area contributed by atoms with Crippen LogP contribution in [-0.4, -0.2) is 41.8 Å². The van der Waals surface area contributed by atoms with Crippen LogP contribution in [0.4, 0.5) is 0 Å². The van der Waals surface area contributed by atoms with Gasteiger partial charge in [0.25, 0.3) is 11.9 Å². The van der Waals surface area contributed by atoms with E-state index in [2.05, 4.69) is 20.3 Å². The normalized spacial score (nSPS) is 16.4. The van der Waals surface area contributed by atoms with Gasteiger partial charge in [-0.15, -0.1) is 5.10 Å². The zero-order valence-corrected chi connectivity index (χ0v) is 15.2. The molecule has 26 heavy (non-hydrogen) atoms. The predicted octanol–water partition coefficient (Wildman–Crippen LogP) is 2.61. The van der Waals surface area contributed by atoms with Crippen LogP contribution in [0.3, 0.4) is 0 Å². The second-order valence-electron chi connectivity index (χ2n) is 6.37. The minimum absolute atomic E-state index is 0.0208. The smallest absolute Gasteiger partial charge is 0.255 e. The van der Waals surface area contributed by atoms with Gasteiger partial charge in [-0.25, -0.2) is 9.97 Å². The molecule has 0 bridgehead atoms. The van der Waals surface area contributed by atoms with E-state index in [0.29, 0.717) is 29.5 Å². The zero-order valence-electron chi connectivity index (χ0n) is 14.4. The van der Waals surface area contributed by atoms with Gasteiger partial charge < -0.3 is 4.90 Å². The standard InChI is InChI=1S/C18H17ClN6O/c1-11-5-3-6-13(16(11)19)17(26)24-10-14-15(9-12(24)2)25(23-22-14)18-20-7-4-8-21-18/h3-8,12H,9-10H2,1-2H3/t12-/m0/s1. The fourth-order valence-electron chi connectivity index (χ4n) is 3.17. The monoisotopic (exact) mass is 368 g/mol. The van der Waals surface area contributed by atoms with E-state index < -0.39 is 0 Å². The van der Waals surface area contributed by atoms with Crippen LogP contribution in [0.25, 0.3) is 5.95 Å². The summed E-state index contributed by atoms with van der Waals surface area (Å²) in [5.74, 6) is 0.386. The molecular weight excluding hydrogens is 352 g/mol. The van der Waals surface area contributed by atoms with Crippen LogP contribution >= 0.6 is 11.6 Å². The van der Waals surface area contributed by atoms with E-state index >= 15 is 0 Å². The lowest BCUT2D eigenvalue weighted by Gasteiger charge is -2.33. The third-order valence-electron chi connectivity index (χ3n) is 4.61. The summed E-state index contributed by atoms with van der Waals surface area (Å²) in [5.41, 5.74) is 3.09. The van der Waals surface area contributed by atoms with Crippen LogP contribution in [-0.2, 0) is 13.0 Å². The number of hydrogen-bond donors (Lipinski definition) is 0. The molecule has 3 aromatic rings. The SMILES string of the molecule is Cc1cccc(C(=O)N2Cc3nnn(-c4ncccn4)c3C[C@@H]2C)c1Cl. The van der Waals surface area contributed by atoms with Crippen LogP contribution in [0.2, 0.25) is 5.02 Å². The zero-order chi connectivity index (χ0) is 18.3. The highest BCUT2D eigenvalue weighted by Crippen LogP contribution is 2.27. The Hall–Kier alpha value is -2.80. The van der Waals surface area contributed by atoms with Crippen LogP contribution < -0.4 is 0 Å². The van der Waals surface area contributed by atoms with E-state index in [0.717, 1.165) is 17.0 Å². The maximum Gasteiger partial charge on any atom is 0.255 e. The molecule has 1 aromatic carbocycles. The van der Waals surface area contributed by atoms with E-state index in [1.807, 2.05) is 26.0 Å². The average molecular weight is 369 g/mol. The van der Waals surface area contributed by atoms with Crippen molar-refractivity contribution in [3.05, 3.63) is 64.2 Å². The van der Waals surface area contributed by atoms with Gasteiger partial charge in [-0.1, -0.05) is 28.9 Å². The number of halogens is 1. The highest BCUT2D eigenvalue weighted by Gasteiger charge is 2.32. The van der Waals surface area contributed by atoms with Crippen LogP contribution in [0.5, 0.6) is 0 Å². The van der Waals surface area contributed by atoms with Crippen molar-refractivity contribution >= 4 is 17.5 Å². The minimum Gasteiger partial charge on any atom is -0.329 e. The third kappa shape index (κ3) is 2.74. The van der Waals surface area contributed by atoms with Crippen molar-refractivity contribution in [2.24, 2.45) is 0 Å². The quantitative estimate of drug-likeness (QED) is 0.694. The lowest BCUT2D eigenvalue weighted by Crippen LogP contribution is -2.43. The molecule has 7 nitrogen and oxygen atoms in total. The molecule has 0 radical (unpaired) electrons. The number of rotatable bonds is 2. The first-order valence-corrected chi connectivity index (χ1v) is 8.71. The molecule has 0 saturated heterocycles. The molecule has 4 rings (SSSR count). The number of nitrogens with zero attached hydrogens (tertiary/aromatic N) is 6. The van der Waals surface area contributed by atoms with Gasteiger partial charge in [0.05, 0.1) is 22.8 Å². The number of fused-ring (bicyclic) bond motifs is 1. The van der Waals surface area contributed by atoms with E-state index in [-0.39, 0.29) is 11.9 Å². The van der Waals surface area contributed by atoms with Gasteiger partial charge in [0.1, 0.15) is 5.69 Å². The summed E-state index contributed by atoms with van der Waals surface area (Å²) < 4.78 is 1.65. The van der Waals surface area contributed by atoms with Crippen molar-refractivity contribution in [1.29, 1.82) is 0 Å². The number of hydrogen-bond acceptors (Lipinski definition) is 5. The molecule has 2 aromatic heterocycles. The van der Waals surface area contributed by atoms with Gasteiger partial charge in [0.2, 0.25) is 0 Å². The highest BCUT2D eigenvalue weighted by atomic mass is 35.5. The Balaban J connectivity index is 1.66. The van der Waals surface area contributed by atoms with Crippen molar-refractivity contribution in [3.63, 3.8) is 0 Å². The summed E-state index contributed by atoms with van der Waals surface area (Å²) in [6, 6.07) is 7.23. The highest BCUT2D eigenvalue weighted by molar-refractivity contribution is 6.34. The van der Waals surface area contributed by atoms with Crippen molar-refractivity contribution in [2.45, 2.75) is 32.9 Å². The Bertz CT molecular complexity index is 971. The maximum atomic E-state index is 13.0. The first-order chi connectivity index (χ1) is 12.6. The van der Waals surface area contributed by atoms with Crippen LogP contribution in [0.15, 0.2) is 36.7 Å². The average Bonchev–Trinajstić information content (AvgIpc) is 3.06.